The fourth-order valence-corrected chi connectivity index (χ4v) is 2.98. The number of nitrogens with one attached hydrogen (secondary N) is 1. The minimum atomic E-state index is -3.69. The first-order valence-electron chi connectivity index (χ1n) is 6.78. The third kappa shape index (κ3) is 4.42. The van der Waals surface area contributed by atoms with Crippen molar-refractivity contribution in [3.05, 3.63) is 29.8 Å². The molecule has 1 atom stereocenters. The zero-order valence-corrected chi connectivity index (χ0v) is 12.5. The molecule has 0 spiro atoms. The first-order valence-corrected chi connectivity index (χ1v) is 8.32. The molecule has 1 unspecified atom stereocenters. The first-order chi connectivity index (χ1) is 9.87. The number of hydrogen-bond donors (Lipinski definition) is 3. The Balaban J connectivity index is 2.01. The summed E-state index contributed by atoms with van der Waals surface area (Å²) in [5, 5.41) is 4.92. The molecule has 0 saturated carbocycles. The third-order valence-corrected chi connectivity index (χ3v) is 4.14. The number of anilines is 1. The van der Waals surface area contributed by atoms with E-state index in [2.05, 4.69) is 4.72 Å². The van der Waals surface area contributed by atoms with Crippen LogP contribution in [0.15, 0.2) is 24.3 Å². The topological polar surface area (TPSA) is 119 Å². The van der Waals surface area contributed by atoms with E-state index in [0.29, 0.717) is 24.3 Å². The predicted octanol–water partition coefficient (Wildman–Crippen LogP) is -0.0859. The molecule has 1 amide bonds. The van der Waals surface area contributed by atoms with Gasteiger partial charge >= 0.3 is 0 Å². The van der Waals surface area contributed by atoms with Gasteiger partial charge in [0.15, 0.2) is 0 Å². The van der Waals surface area contributed by atoms with Gasteiger partial charge in [-0.1, -0.05) is 12.1 Å². The SMILES string of the molecule is Nc1ccccc1C(=O)N1CCCC(CNS(N)(=O)=O)C1. The van der Waals surface area contributed by atoms with Crippen LogP contribution in [0.2, 0.25) is 0 Å². The Hall–Kier alpha value is -1.64. The lowest BCUT2D eigenvalue weighted by Gasteiger charge is -2.33. The minimum absolute atomic E-state index is 0.0611. The number of carbonyl (C=O) groups is 1. The molecule has 1 aromatic carbocycles. The molecule has 1 aliphatic rings. The zero-order valence-electron chi connectivity index (χ0n) is 11.7. The van der Waals surface area contributed by atoms with Gasteiger partial charge in [-0.05, 0) is 30.9 Å². The zero-order chi connectivity index (χ0) is 15.5. The molecule has 1 fully saturated rings. The van der Waals surface area contributed by atoms with Crippen molar-refractivity contribution in [3.63, 3.8) is 0 Å². The number of nitrogens with zero attached hydrogens (tertiary/aromatic N) is 1. The molecule has 1 aliphatic heterocycles. The molecule has 1 heterocycles. The van der Waals surface area contributed by atoms with E-state index in [9.17, 15) is 13.2 Å². The highest BCUT2D eigenvalue weighted by Crippen LogP contribution is 2.20. The van der Waals surface area contributed by atoms with Gasteiger partial charge in [0.05, 0.1) is 5.56 Å². The maximum absolute atomic E-state index is 12.4. The largest absolute Gasteiger partial charge is 0.398 e. The van der Waals surface area contributed by atoms with Crippen LogP contribution >= 0.6 is 0 Å². The first kappa shape index (κ1) is 15.7. The third-order valence-electron chi connectivity index (χ3n) is 3.57. The molecule has 1 saturated heterocycles. The van der Waals surface area contributed by atoms with E-state index in [4.69, 9.17) is 10.9 Å². The van der Waals surface area contributed by atoms with Crippen LogP contribution in [0.1, 0.15) is 23.2 Å². The molecule has 0 bridgehead atoms. The van der Waals surface area contributed by atoms with E-state index in [-0.39, 0.29) is 18.4 Å². The van der Waals surface area contributed by atoms with Crippen molar-refractivity contribution in [2.45, 2.75) is 12.8 Å². The van der Waals surface area contributed by atoms with Gasteiger partial charge in [-0.3, -0.25) is 4.79 Å². The molecule has 8 heteroatoms. The number of amides is 1. The number of benzene rings is 1. The fraction of sp³-hybridized carbons (Fsp3) is 0.462. The summed E-state index contributed by atoms with van der Waals surface area (Å²) >= 11 is 0. The fourth-order valence-electron chi connectivity index (χ4n) is 2.51. The van der Waals surface area contributed by atoms with Gasteiger partial charge in [-0.2, -0.15) is 8.42 Å². The molecule has 5 N–H and O–H groups in total. The highest BCUT2D eigenvalue weighted by molar-refractivity contribution is 7.87. The van der Waals surface area contributed by atoms with Crippen LogP contribution in [0.3, 0.4) is 0 Å². The lowest BCUT2D eigenvalue weighted by molar-refractivity contribution is 0.0677. The van der Waals surface area contributed by atoms with E-state index < -0.39 is 10.2 Å². The van der Waals surface area contributed by atoms with Crippen molar-refractivity contribution < 1.29 is 13.2 Å². The van der Waals surface area contributed by atoms with E-state index in [1.165, 1.54) is 0 Å². The van der Waals surface area contributed by atoms with Crippen LogP contribution in [0, 0.1) is 5.92 Å². The number of hydrogen-bond acceptors (Lipinski definition) is 4. The molecule has 116 valence electrons. The van der Waals surface area contributed by atoms with Crippen LogP contribution in [0.25, 0.3) is 0 Å². The molecule has 0 aliphatic carbocycles. The van der Waals surface area contributed by atoms with Crippen LogP contribution in [0.4, 0.5) is 5.69 Å². The summed E-state index contributed by atoms with van der Waals surface area (Å²) < 4.78 is 24.1. The van der Waals surface area contributed by atoms with Gasteiger partial charge in [-0.15, -0.1) is 0 Å². The summed E-state index contributed by atoms with van der Waals surface area (Å²) in [5.74, 6) is -0.0561. The molecule has 0 radical (unpaired) electrons. The van der Waals surface area contributed by atoms with Crippen molar-refractivity contribution in [1.82, 2.24) is 9.62 Å². The summed E-state index contributed by atoms with van der Waals surface area (Å²) in [6, 6.07) is 6.94. The lowest BCUT2D eigenvalue weighted by atomic mass is 9.97. The van der Waals surface area contributed by atoms with Crippen LogP contribution in [-0.4, -0.2) is 38.9 Å². The van der Waals surface area contributed by atoms with Crippen LogP contribution in [0.5, 0.6) is 0 Å². The summed E-state index contributed by atoms with van der Waals surface area (Å²) in [5.41, 5.74) is 6.76. The van der Waals surface area contributed by atoms with E-state index in [0.717, 1.165) is 12.8 Å². The second-order valence-electron chi connectivity index (χ2n) is 5.24. The van der Waals surface area contributed by atoms with Crippen LogP contribution < -0.4 is 15.6 Å². The van der Waals surface area contributed by atoms with E-state index in [1.807, 2.05) is 0 Å². The monoisotopic (exact) mass is 312 g/mol. The number of piperidine rings is 1. The van der Waals surface area contributed by atoms with Crippen molar-refractivity contribution in [2.24, 2.45) is 11.1 Å². The average Bonchev–Trinajstić information content (AvgIpc) is 2.44. The van der Waals surface area contributed by atoms with Crippen molar-refractivity contribution in [2.75, 3.05) is 25.4 Å². The van der Waals surface area contributed by atoms with E-state index >= 15 is 0 Å². The van der Waals surface area contributed by atoms with Gasteiger partial charge in [-0.25, -0.2) is 9.86 Å². The van der Waals surface area contributed by atoms with Crippen molar-refractivity contribution in [3.8, 4) is 0 Å². The molecular formula is C13H20N4O3S. The van der Waals surface area contributed by atoms with Gasteiger partial charge < -0.3 is 10.6 Å². The molecular weight excluding hydrogens is 292 g/mol. The standard InChI is InChI=1S/C13H20N4O3S/c14-12-6-2-1-5-11(12)13(18)17-7-3-4-10(9-17)8-16-21(15,19)20/h1-2,5-6,10,16H,3-4,7-9,14H2,(H2,15,19,20). The van der Waals surface area contributed by atoms with Gasteiger partial charge in [0, 0.05) is 25.3 Å². The van der Waals surface area contributed by atoms with Crippen LogP contribution in [-0.2, 0) is 10.2 Å². The maximum Gasteiger partial charge on any atom is 0.274 e. The molecule has 7 nitrogen and oxygen atoms in total. The number of rotatable bonds is 4. The Morgan fingerprint density at radius 1 is 1.38 bits per heavy atom. The van der Waals surface area contributed by atoms with Gasteiger partial charge in [0.1, 0.15) is 0 Å². The second kappa shape index (κ2) is 6.42. The van der Waals surface area contributed by atoms with E-state index in [1.54, 1.807) is 29.2 Å². The van der Waals surface area contributed by atoms with Crippen molar-refractivity contribution in [1.29, 1.82) is 0 Å². The molecule has 0 aromatic heterocycles. The summed E-state index contributed by atoms with van der Waals surface area (Å²) in [4.78, 5) is 14.2. The second-order valence-corrected chi connectivity index (χ2v) is 6.62. The maximum atomic E-state index is 12.4. The Morgan fingerprint density at radius 3 is 2.76 bits per heavy atom. The minimum Gasteiger partial charge on any atom is -0.398 e. The Labute approximate surface area is 124 Å². The Morgan fingerprint density at radius 2 is 2.10 bits per heavy atom. The normalized spacial score (nSPS) is 19.5. The summed E-state index contributed by atoms with van der Waals surface area (Å²) in [6.45, 7) is 1.39. The molecule has 2 rings (SSSR count). The number of likely N-dealkylation sites (tertiary alicyclic amines) is 1. The number of nitrogen functional groups attached to an aromatic ring is 1. The molecule has 1 aromatic rings. The number of nitrogens with two attached hydrogens (primary N) is 2. The lowest BCUT2D eigenvalue weighted by Crippen LogP contribution is -2.44. The van der Waals surface area contributed by atoms with Gasteiger partial charge in [0.25, 0.3) is 16.1 Å². The average molecular weight is 312 g/mol. The number of carbonyl (C=O) groups excluding carboxylic acids is 1. The Kier molecular flexibility index (Phi) is 4.81. The molecule has 21 heavy (non-hydrogen) atoms. The highest BCUT2D eigenvalue weighted by atomic mass is 32.2. The van der Waals surface area contributed by atoms with Gasteiger partial charge in [0.2, 0.25) is 0 Å². The predicted molar refractivity (Wildman–Crippen MR) is 80.6 cm³/mol. The summed E-state index contributed by atoms with van der Waals surface area (Å²) in [6.07, 6.45) is 1.69. The smallest absolute Gasteiger partial charge is 0.274 e. The summed E-state index contributed by atoms with van der Waals surface area (Å²) in [7, 11) is -3.69. The Bertz CT molecular complexity index is 618. The highest BCUT2D eigenvalue weighted by Gasteiger charge is 2.25. The number of para-hydroxylation sites is 1. The van der Waals surface area contributed by atoms with Crippen molar-refractivity contribution >= 4 is 21.8 Å². The quantitative estimate of drug-likeness (QED) is 0.673.